The monoisotopic (exact) mass is 267 g/mol. The zero-order valence-electron chi connectivity index (χ0n) is 9.93. The van der Waals surface area contributed by atoms with Crippen LogP contribution in [0.4, 0.5) is 13.2 Å². The number of carbonyl (C=O) groups excluding carboxylic acids is 2. The van der Waals surface area contributed by atoms with E-state index in [4.69, 9.17) is 0 Å². The van der Waals surface area contributed by atoms with Crippen LogP contribution in [0.1, 0.15) is 12.8 Å². The molecule has 1 fully saturated rings. The van der Waals surface area contributed by atoms with Gasteiger partial charge in [0.2, 0.25) is 11.8 Å². The van der Waals surface area contributed by atoms with Gasteiger partial charge in [0.1, 0.15) is 0 Å². The van der Waals surface area contributed by atoms with Crippen LogP contribution in [0.5, 0.6) is 0 Å². The van der Waals surface area contributed by atoms with Crippen molar-refractivity contribution < 1.29 is 22.8 Å². The first-order chi connectivity index (χ1) is 8.34. The second kappa shape index (κ2) is 6.03. The number of amides is 2. The van der Waals surface area contributed by atoms with E-state index in [0.29, 0.717) is 0 Å². The van der Waals surface area contributed by atoms with Crippen molar-refractivity contribution in [2.75, 3.05) is 20.1 Å². The van der Waals surface area contributed by atoms with Crippen molar-refractivity contribution in [1.29, 1.82) is 0 Å². The van der Waals surface area contributed by atoms with E-state index in [1.54, 1.807) is 0 Å². The number of alkyl halides is 3. The van der Waals surface area contributed by atoms with Crippen LogP contribution in [0.2, 0.25) is 0 Å². The minimum absolute atomic E-state index is 0.0748. The lowest BCUT2D eigenvalue weighted by Crippen LogP contribution is -2.52. The van der Waals surface area contributed by atoms with Gasteiger partial charge in [-0.2, -0.15) is 13.2 Å². The Morgan fingerprint density at radius 1 is 1.33 bits per heavy atom. The summed E-state index contributed by atoms with van der Waals surface area (Å²) in [4.78, 5) is 22.4. The third-order valence-electron chi connectivity index (χ3n) is 2.90. The van der Waals surface area contributed by atoms with E-state index in [1.165, 1.54) is 7.05 Å². The van der Waals surface area contributed by atoms with E-state index < -0.39 is 24.0 Å². The Morgan fingerprint density at radius 3 is 2.44 bits per heavy atom. The summed E-state index contributed by atoms with van der Waals surface area (Å²) in [6.07, 6.45) is -4.19. The number of piperidine rings is 1. The summed E-state index contributed by atoms with van der Waals surface area (Å²) in [6.45, 7) is -0.433. The highest BCUT2D eigenvalue weighted by Crippen LogP contribution is 2.31. The van der Waals surface area contributed by atoms with Gasteiger partial charge in [-0.25, -0.2) is 0 Å². The van der Waals surface area contributed by atoms with Crippen LogP contribution < -0.4 is 16.0 Å². The Hall–Kier alpha value is -1.31. The van der Waals surface area contributed by atoms with Gasteiger partial charge >= 0.3 is 6.18 Å². The second-order valence-corrected chi connectivity index (χ2v) is 4.17. The van der Waals surface area contributed by atoms with E-state index >= 15 is 0 Å². The maximum atomic E-state index is 12.4. The predicted molar refractivity (Wildman–Crippen MR) is 57.6 cm³/mol. The smallest absolute Gasteiger partial charge is 0.358 e. The molecule has 104 valence electrons. The molecule has 1 aliphatic heterocycles. The first kappa shape index (κ1) is 14.7. The average molecular weight is 267 g/mol. The van der Waals surface area contributed by atoms with Gasteiger partial charge in [-0.05, 0) is 12.8 Å². The molecule has 0 aliphatic carbocycles. The maximum Gasteiger partial charge on any atom is 0.393 e. The highest BCUT2D eigenvalue weighted by molar-refractivity contribution is 5.87. The molecular formula is C10H16F3N3O2. The molecule has 0 aromatic carbocycles. The van der Waals surface area contributed by atoms with Crippen LogP contribution >= 0.6 is 0 Å². The molecule has 0 bridgehead atoms. The molecule has 0 aromatic rings. The zero-order valence-corrected chi connectivity index (χ0v) is 9.93. The lowest BCUT2D eigenvalue weighted by Gasteiger charge is -2.30. The molecule has 0 saturated carbocycles. The van der Waals surface area contributed by atoms with Crippen LogP contribution in [0.15, 0.2) is 0 Å². The highest BCUT2D eigenvalue weighted by atomic mass is 19.4. The van der Waals surface area contributed by atoms with Crippen LogP contribution in [-0.2, 0) is 9.59 Å². The number of likely N-dealkylation sites (N-methyl/N-ethyl adjacent to an activating group) is 1. The lowest BCUT2D eigenvalue weighted by atomic mass is 9.94. The van der Waals surface area contributed by atoms with Gasteiger partial charge in [-0.15, -0.1) is 0 Å². The Bertz CT molecular complexity index is 312. The number of nitrogens with one attached hydrogen (secondary N) is 3. The lowest BCUT2D eigenvalue weighted by molar-refractivity contribution is -0.180. The van der Waals surface area contributed by atoms with Gasteiger partial charge in [0.25, 0.3) is 0 Å². The quantitative estimate of drug-likeness (QED) is 0.662. The molecule has 1 aliphatic rings. The SMILES string of the molecule is CNC(=O)CNC(=O)C1CCC(C(F)(F)F)CN1. The van der Waals surface area contributed by atoms with E-state index in [2.05, 4.69) is 16.0 Å². The number of carbonyl (C=O) groups is 2. The summed E-state index contributed by atoms with van der Waals surface area (Å²) in [5, 5.41) is 7.24. The molecule has 1 heterocycles. The molecule has 18 heavy (non-hydrogen) atoms. The Kier molecular flexibility index (Phi) is 4.94. The van der Waals surface area contributed by atoms with Crippen molar-refractivity contribution in [3.8, 4) is 0 Å². The highest BCUT2D eigenvalue weighted by Gasteiger charge is 2.42. The fraction of sp³-hybridized carbons (Fsp3) is 0.800. The summed E-state index contributed by atoms with van der Waals surface area (Å²) in [5.74, 6) is -2.20. The van der Waals surface area contributed by atoms with Crippen LogP contribution in [0.3, 0.4) is 0 Å². The fourth-order valence-electron chi connectivity index (χ4n) is 1.74. The number of halogens is 3. The van der Waals surface area contributed by atoms with Crippen molar-refractivity contribution in [2.45, 2.75) is 25.1 Å². The van der Waals surface area contributed by atoms with E-state index in [9.17, 15) is 22.8 Å². The molecule has 0 spiro atoms. The number of hydrogen-bond acceptors (Lipinski definition) is 3. The standard InChI is InChI=1S/C10H16F3N3O2/c1-14-8(17)5-16-9(18)7-3-2-6(4-15-7)10(11,12)13/h6-7,15H,2-5H2,1H3,(H,14,17)(H,16,18). The molecule has 0 aromatic heterocycles. The fourth-order valence-corrected chi connectivity index (χ4v) is 1.74. The topological polar surface area (TPSA) is 70.2 Å². The largest absolute Gasteiger partial charge is 0.393 e. The van der Waals surface area contributed by atoms with Crippen LogP contribution in [-0.4, -0.2) is 44.2 Å². The maximum absolute atomic E-state index is 12.4. The minimum Gasteiger partial charge on any atom is -0.358 e. The van der Waals surface area contributed by atoms with E-state index in [0.717, 1.165) is 0 Å². The summed E-state index contributed by atoms with van der Waals surface area (Å²) in [7, 11) is 1.43. The first-order valence-electron chi connectivity index (χ1n) is 5.63. The zero-order chi connectivity index (χ0) is 13.8. The van der Waals surface area contributed by atoms with Crippen molar-refractivity contribution in [3.05, 3.63) is 0 Å². The third-order valence-corrected chi connectivity index (χ3v) is 2.90. The molecule has 5 nitrogen and oxygen atoms in total. The van der Waals surface area contributed by atoms with Crippen molar-refractivity contribution >= 4 is 11.8 Å². The summed E-state index contributed by atoms with van der Waals surface area (Å²) < 4.78 is 37.1. The normalized spacial score (nSPS) is 24.4. The molecule has 2 amide bonds. The molecule has 3 N–H and O–H groups in total. The molecule has 8 heteroatoms. The van der Waals surface area contributed by atoms with Gasteiger partial charge < -0.3 is 16.0 Å². The van der Waals surface area contributed by atoms with Gasteiger partial charge in [-0.3, -0.25) is 9.59 Å². The molecule has 2 unspecified atom stereocenters. The first-order valence-corrected chi connectivity index (χ1v) is 5.63. The summed E-state index contributed by atoms with van der Waals surface area (Å²) >= 11 is 0. The molecular weight excluding hydrogens is 251 g/mol. The van der Waals surface area contributed by atoms with Crippen molar-refractivity contribution in [2.24, 2.45) is 5.92 Å². The van der Waals surface area contributed by atoms with Crippen molar-refractivity contribution in [1.82, 2.24) is 16.0 Å². The van der Waals surface area contributed by atoms with Gasteiger partial charge in [0, 0.05) is 13.6 Å². The van der Waals surface area contributed by atoms with Gasteiger partial charge in [0.15, 0.2) is 0 Å². The molecule has 1 rings (SSSR count). The van der Waals surface area contributed by atoms with Crippen LogP contribution in [0, 0.1) is 5.92 Å². The Labute approximate surface area is 102 Å². The number of rotatable bonds is 3. The summed E-state index contributed by atoms with van der Waals surface area (Å²) in [6, 6.07) is -0.659. The second-order valence-electron chi connectivity index (χ2n) is 4.17. The van der Waals surface area contributed by atoms with Crippen molar-refractivity contribution in [3.63, 3.8) is 0 Å². The molecule has 2 atom stereocenters. The molecule has 1 saturated heterocycles. The average Bonchev–Trinajstić information content (AvgIpc) is 2.34. The van der Waals surface area contributed by atoms with E-state index in [1.807, 2.05) is 0 Å². The Balaban J connectivity index is 2.34. The minimum atomic E-state index is -4.23. The summed E-state index contributed by atoms with van der Waals surface area (Å²) in [5.41, 5.74) is 0. The van der Waals surface area contributed by atoms with E-state index in [-0.39, 0.29) is 31.8 Å². The van der Waals surface area contributed by atoms with Gasteiger partial charge in [0.05, 0.1) is 18.5 Å². The third kappa shape index (κ3) is 4.17. The van der Waals surface area contributed by atoms with Crippen LogP contribution in [0.25, 0.3) is 0 Å². The molecule has 0 radical (unpaired) electrons. The predicted octanol–water partition coefficient (Wildman–Crippen LogP) is -0.221. The number of hydrogen-bond donors (Lipinski definition) is 3. The Morgan fingerprint density at radius 2 is 2.00 bits per heavy atom. The van der Waals surface area contributed by atoms with Gasteiger partial charge in [-0.1, -0.05) is 0 Å².